The normalized spacial score (nSPS) is 11.9. The number of carbonyl (C=O) groups is 1. The zero-order valence-corrected chi connectivity index (χ0v) is 12.0. The van der Waals surface area contributed by atoms with Crippen LogP contribution in [0.15, 0.2) is 12.3 Å². The number of halogens is 4. The summed E-state index contributed by atoms with van der Waals surface area (Å²) in [4.78, 5) is 15.2. The Morgan fingerprint density at radius 1 is 1.48 bits per heavy atom. The fourth-order valence-corrected chi connectivity index (χ4v) is 2.28. The number of esters is 1. The molecule has 114 valence electrons. The number of ether oxygens (including phenoxy) is 1. The van der Waals surface area contributed by atoms with Crippen LogP contribution in [0.1, 0.15) is 35.0 Å². The highest BCUT2D eigenvalue weighted by molar-refractivity contribution is 6.32. The molecule has 21 heavy (non-hydrogen) atoms. The maximum absolute atomic E-state index is 13.1. The smallest absolute Gasteiger partial charge is 0.419 e. The molecule has 8 heteroatoms. The number of aromatic nitrogens is 2. The van der Waals surface area contributed by atoms with Crippen LogP contribution in [0.3, 0.4) is 0 Å². The monoisotopic (exact) mass is 320 g/mol. The van der Waals surface area contributed by atoms with Crippen LogP contribution in [0.4, 0.5) is 13.2 Å². The van der Waals surface area contributed by atoms with Gasteiger partial charge in [-0.15, -0.1) is 0 Å². The fraction of sp³-hybridized carbons (Fsp3) is 0.385. The van der Waals surface area contributed by atoms with E-state index in [0.717, 1.165) is 17.6 Å². The van der Waals surface area contributed by atoms with Gasteiger partial charge in [-0.1, -0.05) is 24.9 Å². The lowest BCUT2D eigenvalue weighted by molar-refractivity contribution is -0.136. The molecule has 0 radical (unpaired) electrons. The second-order valence-corrected chi connectivity index (χ2v) is 4.80. The molecule has 2 heterocycles. The number of methoxy groups -OCH3 is 1. The molecular formula is C13H12ClF3N2O2. The first-order chi connectivity index (χ1) is 9.79. The molecule has 4 nitrogen and oxygen atoms in total. The van der Waals surface area contributed by atoms with Gasteiger partial charge in [0.2, 0.25) is 0 Å². The molecule has 2 aromatic heterocycles. The second kappa shape index (κ2) is 5.55. The molecule has 0 fully saturated rings. The van der Waals surface area contributed by atoms with E-state index in [1.54, 1.807) is 0 Å². The molecular weight excluding hydrogens is 309 g/mol. The van der Waals surface area contributed by atoms with Crippen molar-refractivity contribution in [3.05, 3.63) is 34.2 Å². The molecule has 0 saturated carbocycles. The van der Waals surface area contributed by atoms with Crippen LogP contribution in [0.2, 0.25) is 5.15 Å². The third-order valence-corrected chi connectivity index (χ3v) is 3.30. The fourth-order valence-electron chi connectivity index (χ4n) is 2.03. The van der Waals surface area contributed by atoms with Crippen molar-refractivity contribution in [2.24, 2.45) is 0 Å². The van der Waals surface area contributed by atoms with E-state index in [1.807, 2.05) is 6.92 Å². The largest absolute Gasteiger partial charge is 0.464 e. The number of alkyl halides is 3. The molecule has 0 spiro atoms. The number of pyridine rings is 1. The molecule has 0 unspecified atom stereocenters. The highest BCUT2D eigenvalue weighted by Gasteiger charge is 2.36. The lowest BCUT2D eigenvalue weighted by atomic mass is 10.1. The van der Waals surface area contributed by atoms with Crippen molar-refractivity contribution in [2.75, 3.05) is 7.11 Å². The molecule has 0 saturated heterocycles. The van der Waals surface area contributed by atoms with E-state index in [9.17, 15) is 18.0 Å². The predicted octanol–water partition coefficient (Wildman–Crippen LogP) is 3.75. The van der Waals surface area contributed by atoms with Crippen molar-refractivity contribution in [3.8, 4) is 0 Å². The summed E-state index contributed by atoms with van der Waals surface area (Å²) >= 11 is 5.96. The average Bonchev–Trinajstić information content (AvgIpc) is 2.74. The maximum Gasteiger partial charge on any atom is 0.419 e. The summed E-state index contributed by atoms with van der Waals surface area (Å²) in [6.07, 6.45) is -2.00. The third kappa shape index (κ3) is 2.83. The highest BCUT2D eigenvalue weighted by atomic mass is 35.5. The molecule has 0 aliphatic rings. The minimum Gasteiger partial charge on any atom is -0.464 e. The van der Waals surface area contributed by atoms with E-state index in [-0.39, 0.29) is 10.8 Å². The van der Waals surface area contributed by atoms with Gasteiger partial charge in [-0.3, -0.25) is 4.40 Å². The van der Waals surface area contributed by atoms with Crippen molar-refractivity contribution >= 4 is 23.2 Å². The van der Waals surface area contributed by atoms with Gasteiger partial charge in [0.05, 0.1) is 12.7 Å². The van der Waals surface area contributed by atoms with Crippen LogP contribution >= 0.6 is 11.6 Å². The van der Waals surface area contributed by atoms with Crippen molar-refractivity contribution < 1.29 is 22.7 Å². The summed E-state index contributed by atoms with van der Waals surface area (Å²) in [5, 5.41) is -0.194. The Kier molecular flexibility index (Phi) is 4.13. The number of hydrogen-bond donors (Lipinski definition) is 0. The molecule has 0 bridgehead atoms. The van der Waals surface area contributed by atoms with Gasteiger partial charge in [-0.05, 0) is 18.1 Å². The van der Waals surface area contributed by atoms with Crippen molar-refractivity contribution in [2.45, 2.75) is 25.9 Å². The van der Waals surface area contributed by atoms with Gasteiger partial charge in [0.25, 0.3) is 0 Å². The highest BCUT2D eigenvalue weighted by Crippen LogP contribution is 2.35. The summed E-state index contributed by atoms with van der Waals surface area (Å²) in [6.45, 7) is 1.85. The molecule has 2 aromatic rings. The Hall–Kier alpha value is -1.76. The van der Waals surface area contributed by atoms with Gasteiger partial charge in [-0.25, -0.2) is 9.78 Å². The van der Waals surface area contributed by atoms with E-state index in [1.165, 1.54) is 6.20 Å². The molecule has 0 aliphatic heterocycles. The van der Waals surface area contributed by atoms with Crippen LogP contribution in [0.5, 0.6) is 0 Å². The molecule has 2 rings (SSSR count). The molecule has 0 aromatic carbocycles. The summed E-state index contributed by atoms with van der Waals surface area (Å²) in [5.74, 6) is -0.881. The number of carbonyl (C=O) groups excluding carboxylic acids is 1. The van der Waals surface area contributed by atoms with Crippen molar-refractivity contribution in [1.29, 1.82) is 0 Å². The first kappa shape index (κ1) is 15.6. The second-order valence-electron chi connectivity index (χ2n) is 4.45. The maximum atomic E-state index is 13.1. The summed E-state index contributed by atoms with van der Waals surface area (Å²) in [7, 11) is 1.11. The van der Waals surface area contributed by atoms with Gasteiger partial charge >= 0.3 is 12.1 Å². The SMILES string of the molecule is CCCc1cc(C(F)(F)F)c2nc(C(=O)OC)c(Cl)n2c1. The van der Waals surface area contributed by atoms with Gasteiger partial charge in [0, 0.05) is 6.20 Å². The minimum absolute atomic E-state index is 0.194. The minimum atomic E-state index is -4.59. The van der Waals surface area contributed by atoms with Crippen LogP contribution < -0.4 is 0 Å². The van der Waals surface area contributed by atoms with Crippen LogP contribution in [-0.2, 0) is 17.3 Å². The topological polar surface area (TPSA) is 43.6 Å². The summed E-state index contributed by atoms with van der Waals surface area (Å²) < 4.78 is 45.0. The van der Waals surface area contributed by atoms with E-state index >= 15 is 0 Å². The van der Waals surface area contributed by atoms with Gasteiger partial charge < -0.3 is 4.74 Å². The van der Waals surface area contributed by atoms with E-state index in [2.05, 4.69) is 9.72 Å². The Balaban J connectivity index is 2.78. The molecule has 0 atom stereocenters. The molecule has 0 aliphatic carbocycles. The Morgan fingerprint density at radius 3 is 2.67 bits per heavy atom. The lowest BCUT2D eigenvalue weighted by Crippen LogP contribution is -2.09. The zero-order valence-electron chi connectivity index (χ0n) is 11.3. The van der Waals surface area contributed by atoms with Crippen LogP contribution in [0, 0.1) is 0 Å². The van der Waals surface area contributed by atoms with E-state index < -0.39 is 23.4 Å². The summed E-state index contributed by atoms with van der Waals surface area (Å²) in [6, 6.07) is 1.03. The molecule has 0 amide bonds. The number of imidazole rings is 1. The number of aryl methyl sites for hydroxylation is 1. The van der Waals surface area contributed by atoms with E-state index in [4.69, 9.17) is 11.6 Å². The zero-order chi connectivity index (χ0) is 15.8. The Morgan fingerprint density at radius 2 is 2.14 bits per heavy atom. The Labute approximate surface area is 123 Å². The summed E-state index contributed by atoms with van der Waals surface area (Å²) in [5.41, 5.74) is -1.20. The number of nitrogens with zero attached hydrogens (tertiary/aromatic N) is 2. The number of rotatable bonds is 3. The number of fused-ring (bicyclic) bond motifs is 1. The first-order valence-corrected chi connectivity index (χ1v) is 6.53. The lowest BCUT2D eigenvalue weighted by Gasteiger charge is -2.10. The number of hydrogen-bond acceptors (Lipinski definition) is 3. The third-order valence-electron chi connectivity index (χ3n) is 2.94. The first-order valence-electron chi connectivity index (χ1n) is 6.15. The van der Waals surface area contributed by atoms with E-state index in [0.29, 0.717) is 18.4 Å². The van der Waals surface area contributed by atoms with Gasteiger partial charge in [-0.2, -0.15) is 13.2 Å². The van der Waals surface area contributed by atoms with Gasteiger partial charge in [0.15, 0.2) is 11.3 Å². The van der Waals surface area contributed by atoms with Crippen molar-refractivity contribution in [3.63, 3.8) is 0 Å². The quantitative estimate of drug-likeness (QED) is 0.809. The van der Waals surface area contributed by atoms with Crippen LogP contribution in [-0.4, -0.2) is 22.5 Å². The predicted molar refractivity (Wildman–Crippen MR) is 70.5 cm³/mol. The average molecular weight is 321 g/mol. The van der Waals surface area contributed by atoms with Crippen LogP contribution in [0.25, 0.3) is 5.65 Å². The Bertz CT molecular complexity index is 695. The van der Waals surface area contributed by atoms with Crippen molar-refractivity contribution in [1.82, 2.24) is 9.38 Å². The molecule has 0 N–H and O–H groups in total. The van der Waals surface area contributed by atoms with Gasteiger partial charge in [0.1, 0.15) is 5.15 Å². The standard InChI is InChI=1S/C13H12ClF3N2O2/c1-3-4-7-5-8(13(15,16)17)11-18-9(12(20)21-2)10(14)19(11)6-7/h5-6H,3-4H2,1-2H3.